The first-order valence-electron chi connectivity index (χ1n) is 7.37. The maximum Gasteiger partial charge on any atom is 0.139 e. The second-order valence-electron chi connectivity index (χ2n) is 5.77. The Labute approximate surface area is 147 Å². The third kappa shape index (κ3) is 2.60. The summed E-state index contributed by atoms with van der Waals surface area (Å²) in [4.78, 5) is 4.28. The number of rotatable bonds is 3. The number of pyridine rings is 1. The molecule has 1 aliphatic carbocycles. The van der Waals surface area contributed by atoms with E-state index in [0.29, 0.717) is 45.8 Å². The molecule has 1 aromatic heterocycles. The summed E-state index contributed by atoms with van der Waals surface area (Å²) in [6, 6.07) is 8.74. The maximum absolute atomic E-state index is 14.7. The highest BCUT2D eigenvalue weighted by molar-refractivity contribution is 6.39. The van der Waals surface area contributed by atoms with Crippen molar-refractivity contribution in [3.63, 3.8) is 0 Å². The molecule has 1 heterocycles. The average molecular weight is 366 g/mol. The summed E-state index contributed by atoms with van der Waals surface area (Å²) >= 11 is 12.5. The van der Waals surface area contributed by atoms with Crippen LogP contribution in [0.3, 0.4) is 0 Å². The summed E-state index contributed by atoms with van der Waals surface area (Å²) < 4.78 is 33.5. The molecule has 0 aliphatic heterocycles. The fourth-order valence-corrected chi connectivity index (χ4v) is 3.45. The second kappa shape index (κ2) is 5.57. The Morgan fingerprint density at radius 2 is 1.75 bits per heavy atom. The second-order valence-corrected chi connectivity index (χ2v) is 6.58. The molecule has 0 bridgehead atoms. The summed E-state index contributed by atoms with van der Waals surface area (Å²) in [6.45, 7) is 0. The lowest BCUT2D eigenvalue weighted by molar-refractivity contribution is 0.320. The molecule has 24 heavy (non-hydrogen) atoms. The van der Waals surface area contributed by atoms with E-state index >= 15 is 0 Å². The Balaban J connectivity index is 1.89. The summed E-state index contributed by atoms with van der Waals surface area (Å²) in [5, 5.41) is 1.08. The molecule has 2 nitrogen and oxygen atoms in total. The molecule has 0 spiro atoms. The van der Waals surface area contributed by atoms with Gasteiger partial charge >= 0.3 is 0 Å². The lowest BCUT2D eigenvalue weighted by Crippen LogP contribution is -2.02. The first kappa shape index (κ1) is 15.6. The minimum atomic E-state index is -1.46. The van der Waals surface area contributed by atoms with Crippen LogP contribution in [-0.4, -0.2) is 4.98 Å². The van der Waals surface area contributed by atoms with Gasteiger partial charge in [-0.3, -0.25) is 4.98 Å². The molecule has 1 fully saturated rings. The molecular formula is C18H11Cl2F2NO. The van der Waals surface area contributed by atoms with Gasteiger partial charge in [0.25, 0.3) is 0 Å². The van der Waals surface area contributed by atoms with Crippen LogP contribution < -0.4 is 4.74 Å². The number of benzene rings is 2. The number of fused-ring (bicyclic) bond motifs is 1. The third-order valence-corrected chi connectivity index (χ3v) is 4.66. The minimum Gasteiger partial charge on any atom is -0.457 e. The number of ether oxygens (including phenoxy) is 1. The van der Waals surface area contributed by atoms with E-state index in [9.17, 15) is 8.78 Å². The van der Waals surface area contributed by atoms with Crippen molar-refractivity contribution in [1.82, 2.24) is 4.98 Å². The van der Waals surface area contributed by atoms with E-state index in [1.54, 1.807) is 6.07 Å². The number of nitrogens with zero attached hydrogens (tertiary/aromatic N) is 1. The number of hydrogen-bond acceptors (Lipinski definition) is 2. The van der Waals surface area contributed by atoms with Gasteiger partial charge in [0, 0.05) is 11.8 Å². The quantitative estimate of drug-likeness (QED) is 0.533. The van der Waals surface area contributed by atoms with E-state index in [4.69, 9.17) is 27.9 Å². The Morgan fingerprint density at radius 3 is 2.42 bits per heavy atom. The van der Waals surface area contributed by atoms with Crippen LogP contribution in [0.25, 0.3) is 10.9 Å². The van der Waals surface area contributed by atoms with Gasteiger partial charge < -0.3 is 4.74 Å². The first-order chi connectivity index (χ1) is 11.5. The fourth-order valence-electron chi connectivity index (χ4n) is 2.73. The van der Waals surface area contributed by atoms with Crippen molar-refractivity contribution in [3.8, 4) is 11.5 Å². The van der Waals surface area contributed by atoms with E-state index in [1.165, 1.54) is 36.5 Å². The minimum absolute atomic E-state index is 0.263. The zero-order chi connectivity index (χ0) is 16.9. The SMILES string of the molecule is Fc1ccc(Oc2ccnc3c(C4(F)CC4)c(Cl)cc(Cl)c23)cc1. The largest absolute Gasteiger partial charge is 0.457 e. The molecule has 4 rings (SSSR count). The molecule has 0 saturated heterocycles. The van der Waals surface area contributed by atoms with E-state index < -0.39 is 5.67 Å². The number of hydrogen-bond donors (Lipinski definition) is 0. The summed E-state index contributed by atoms with van der Waals surface area (Å²) in [5.74, 6) is 0.499. The molecule has 0 atom stereocenters. The van der Waals surface area contributed by atoms with Gasteiger partial charge in [0.1, 0.15) is 23.0 Å². The Morgan fingerprint density at radius 1 is 1.04 bits per heavy atom. The van der Waals surface area contributed by atoms with Crippen LogP contribution in [0.4, 0.5) is 8.78 Å². The van der Waals surface area contributed by atoms with Crippen LogP contribution in [0.15, 0.2) is 42.6 Å². The van der Waals surface area contributed by atoms with Crippen molar-refractivity contribution in [1.29, 1.82) is 0 Å². The van der Waals surface area contributed by atoms with Gasteiger partial charge in [-0.2, -0.15) is 0 Å². The molecule has 1 aliphatic rings. The molecule has 1 saturated carbocycles. The van der Waals surface area contributed by atoms with Gasteiger partial charge in [0.05, 0.1) is 20.9 Å². The fraction of sp³-hybridized carbons (Fsp3) is 0.167. The highest BCUT2D eigenvalue weighted by Gasteiger charge is 2.48. The molecule has 3 aromatic rings. The predicted molar refractivity (Wildman–Crippen MR) is 90.3 cm³/mol. The van der Waals surface area contributed by atoms with Gasteiger partial charge in [0.15, 0.2) is 0 Å². The van der Waals surface area contributed by atoms with Gasteiger partial charge in [-0.25, -0.2) is 8.78 Å². The molecule has 2 aromatic carbocycles. The van der Waals surface area contributed by atoms with E-state index in [2.05, 4.69) is 4.98 Å². The first-order valence-corrected chi connectivity index (χ1v) is 8.13. The Bertz CT molecular complexity index is 940. The third-order valence-electron chi connectivity index (χ3n) is 4.06. The lowest BCUT2D eigenvalue weighted by Gasteiger charge is -2.15. The lowest BCUT2D eigenvalue weighted by atomic mass is 10.0. The topological polar surface area (TPSA) is 22.1 Å². The van der Waals surface area contributed by atoms with Gasteiger partial charge in [-0.05, 0) is 49.2 Å². The zero-order valence-corrected chi connectivity index (χ0v) is 13.8. The van der Waals surface area contributed by atoms with E-state index in [1.807, 2.05) is 0 Å². The molecule has 0 N–H and O–H groups in total. The Kier molecular flexibility index (Phi) is 3.62. The van der Waals surface area contributed by atoms with Crippen molar-refractivity contribution in [2.75, 3.05) is 0 Å². The summed E-state index contributed by atoms with van der Waals surface area (Å²) in [5.41, 5.74) is -0.707. The highest BCUT2D eigenvalue weighted by atomic mass is 35.5. The van der Waals surface area contributed by atoms with Crippen LogP contribution in [0.2, 0.25) is 10.0 Å². The van der Waals surface area contributed by atoms with Gasteiger partial charge in [-0.15, -0.1) is 0 Å². The van der Waals surface area contributed by atoms with Crippen LogP contribution in [0.5, 0.6) is 11.5 Å². The van der Waals surface area contributed by atoms with Crippen molar-refractivity contribution >= 4 is 34.1 Å². The summed E-state index contributed by atoms with van der Waals surface area (Å²) in [7, 11) is 0. The molecular weight excluding hydrogens is 355 g/mol. The van der Waals surface area contributed by atoms with Crippen LogP contribution in [0.1, 0.15) is 18.4 Å². The number of aromatic nitrogens is 1. The standard InChI is InChI=1S/C18H11Cl2F2NO/c19-12-9-13(20)16(18(22)6-7-18)17-15(12)14(5-8-23-17)24-11-3-1-10(21)2-4-11/h1-5,8-9H,6-7H2. The highest BCUT2D eigenvalue weighted by Crippen LogP contribution is 2.55. The number of alkyl halides is 1. The molecule has 6 heteroatoms. The smallest absolute Gasteiger partial charge is 0.139 e. The molecule has 122 valence electrons. The van der Waals surface area contributed by atoms with Crippen LogP contribution in [-0.2, 0) is 5.67 Å². The summed E-state index contributed by atoms with van der Waals surface area (Å²) in [6.07, 6.45) is 2.34. The van der Waals surface area contributed by atoms with Crippen molar-refractivity contribution in [3.05, 3.63) is 64.0 Å². The molecule has 0 amide bonds. The Hall–Kier alpha value is -1.91. The van der Waals surface area contributed by atoms with Crippen molar-refractivity contribution in [2.45, 2.75) is 18.5 Å². The average Bonchev–Trinajstić information content (AvgIpc) is 3.27. The van der Waals surface area contributed by atoms with E-state index in [-0.39, 0.29) is 10.8 Å². The maximum atomic E-state index is 14.7. The van der Waals surface area contributed by atoms with Crippen LogP contribution >= 0.6 is 23.2 Å². The number of halogens is 4. The van der Waals surface area contributed by atoms with Crippen molar-refractivity contribution < 1.29 is 13.5 Å². The monoisotopic (exact) mass is 365 g/mol. The van der Waals surface area contributed by atoms with E-state index in [0.717, 1.165) is 0 Å². The molecule has 0 radical (unpaired) electrons. The zero-order valence-electron chi connectivity index (χ0n) is 12.3. The van der Waals surface area contributed by atoms with Gasteiger partial charge in [0.2, 0.25) is 0 Å². The normalized spacial score (nSPS) is 15.5. The van der Waals surface area contributed by atoms with Gasteiger partial charge in [-0.1, -0.05) is 23.2 Å². The molecule has 0 unspecified atom stereocenters. The predicted octanol–water partition coefficient (Wildman–Crippen LogP) is 6.43. The van der Waals surface area contributed by atoms with Crippen LogP contribution in [0, 0.1) is 5.82 Å². The van der Waals surface area contributed by atoms with Crippen molar-refractivity contribution in [2.24, 2.45) is 0 Å².